The van der Waals surface area contributed by atoms with E-state index < -0.39 is 0 Å². The SMILES string of the molecule is Cc1cc(-c2nc(-c3ccccc3)c(-c3cccc(Cl)c3C)[nH]2)ccc1O. The summed E-state index contributed by atoms with van der Waals surface area (Å²) in [6.07, 6.45) is 0. The number of nitrogens with one attached hydrogen (secondary N) is 1. The van der Waals surface area contributed by atoms with Crippen LogP contribution in [0.2, 0.25) is 5.02 Å². The minimum atomic E-state index is 0.277. The Hall–Kier alpha value is -3.04. The van der Waals surface area contributed by atoms with Crippen LogP contribution >= 0.6 is 11.6 Å². The van der Waals surface area contributed by atoms with E-state index in [9.17, 15) is 5.11 Å². The van der Waals surface area contributed by atoms with E-state index in [1.807, 2.05) is 74.5 Å². The second-order valence-corrected chi connectivity index (χ2v) is 7.00. The standard InChI is InChI=1S/C23H19ClN2O/c1-14-13-17(11-12-20(14)27)23-25-21(16-7-4-3-5-8-16)22(26-23)18-9-6-10-19(24)15(18)2/h3-13,27H,1-2H3,(H,25,26). The molecule has 0 aliphatic rings. The number of rotatable bonds is 3. The summed E-state index contributed by atoms with van der Waals surface area (Å²) in [7, 11) is 0. The van der Waals surface area contributed by atoms with Crippen LogP contribution in [0.5, 0.6) is 5.75 Å². The van der Waals surface area contributed by atoms with Gasteiger partial charge >= 0.3 is 0 Å². The molecule has 0 aliphatic carbocycles. The zero-order valence-corrected chi connectivity index (χ0v) is 15.9. The number of aromatic amines is 1. The van der Waals surface area contributed by atoms with E-state index in [2.05, 4.69) is 4.98 Å². The van der Waals surface area contributed by atoms with Gasteiger partial charge in [-0.15, -0.1) is 0 Å². The molecular weight excluding hydrogens is 356 g/mol. The summed E-state index contributed by atoms with van der Waals surface area (Å²) in [5.41, 5.74) is 6.61. The molecule has 0 saturated carbocycles. The zero-order chi connectivity index (χ0) is 19.0. The third-order valence-corrected chi connectivity index (χ3v) is 5.17. The van der Waals surface area contributed by atoms with Gasteiger partial charge in [-0.1, -0.05) is 54.1 Å². The average Bonchev–Trinajstić information content (AvgIpc) is 3.12. The minimum absolute atomic E-state index is 0.277. The molecule has 0 aliphatic heterocycles. The lowest BCUT2D eigenvalue weighted by atomic mass is 10.0. The molecule has 0 atom stereocenters. The minimum Gasteiger partial charge on any atom is -0.508 e. The maximum atomic E-state index is 9.83. The van der Waals surface area contributed by atoms with E-state index in [0.717, 1.165) is 50.1 Å². The molecule has 1 aromatic heterocycles. The lowest BCUT2D eigenvalue weighted by Crippen LogP contribution is -1.88. The third-order valence-electron chi connectivity index (χ3n) is 4.76. The van der Waals surface area contributed by atoms with Crippen LogP contribution in [0.1, 0.15) is 11.1 Å². The van der Waals surface area contributed by atoms with Crippen molar-refractivity contribution in [1.29, 1.82) is 0 Å². The van der Waals surface area contributed by atoms with Gasteiger partial charge in [0.2, 0.25) is 0 Å². The van der Waals surface area contributed by atoms with Crippen LogP contribution < -0.4 is 0 Å². The summed E-state index contributed by atoms with van der Waals surface area (Å²) in [4.78, 5) is 8.36. The fourth-order valence-electron chi connectivity index (χ4n) is 3.19. The molecule has 4 heteroatoms. The summed E-state index contributed by atoms with van der Waals surface area (Å²) in [6, 6.07) is 21.5. The number of phenolic OH excluding ortho intramolecular Hbond substituents is 1. The number of halogens is 1. The van der Waals surface area contributed by atoms with E-state index in [1.165, 1.54) is 0 Å². The third kappa shape index (κ3) is 3.22. The zero-order valence-electron chi connectivity index (χ0n) is 15.1. The highest BCUT2D eigenvalue weighted by Crippen LogP contribution is 2.36. The first kappa shape index (κ1) is 17.4. The van der Waals surface area contributed by atoms with Gasteiger partial charge in [0.15, 0.2) is 0 Å². The summed E-state index contributed by atoms with van der Waals surface area (Å²) in [5.74, 6) is 1.03. The van der Waals surface area contributed by atoms with Crippen molar-refractivity contribution in [3.63, 3.8) is 0 Å². The second kappa shape index (κ2) is 6.93. The fourth-order valence-corrected chi connectivity index (χ4v) is 3.37. The van der Waals surface area contributed by atoms with Gasteiger partial charge in [-0.2, -0.15) is 0 Å². The van der Waals surface area contributed by atoms with Crippen molar-refractivity contribution in [1.82, 2.24) is 9.97 Å². The van der Waals surface area contributed by atoms with Gasteiger partial charge in [-0.05, 0) is 49.2 Å². The molecule has 2 N–H and O–H groups in total. The first-order chi connectivity index (χ1) is 13.0. The number of H-pyrrole nitrogens is 1. The van der Waals surface area contributed by atoms with Gasteiger partial charge in [0, 0.05) is 21.7 Å². The Morgan fingerprint density at radius 3 is 2.41 bits per heavy atom. The lowest BCUT2D eigenvalue weighted by Gasteiger charge is -2.08. The molecule has 4 aromatic rings. The number of aromatic hydroxyl groups is 1. The van der Waals surface area contributed by atoms with Crippen molar-refractivity contribution in [2.75, 3.05) is 0 Å². The Balaban J connectivity index is 1.95. The first-order valence-corrected chi connectivity index (χ1v) is 9.13. The smallest absolute Gasteiger partial charge is 0.138 e. The molecule has 0 saturated heterocycles. The molecule has 134 valence electrons. The number of aromatic nitrogens is 2. The van der Waals surface area contributed by atoms with Crippen LogP contribution in [0.4, 0.5) is 0 Å². The van der Waals surface area contributed by atoms with Gasteiger partial charge in [0.25, 0.3) is 0 Å². The van der Waals surface area contributed by atoms with Gasteiger partial charge < -0.3 is 10.1 Å². The topological polar surface area (TPSA) is 48.9 Å². The van der Waals surface area contributed by atoms with Gasteiger partial charge in [0.1, 0.15) is 11.6 Å². The molecule has 0 unspecified atom stereocenters. The predicted molar refractivity (Wildman–Crippen MR) is 111 cm³/mol. The van der Waals surface area contributed by atoms with Crippen LogP contribution in [-0.4, -0.2) is 15.1 Å². The highest BCUT2D eigenvalue weighted by atomic mass is 35.5. The number of hydrogen-bond donors (Lipinski definition) is 2. The second-order valence-electron chi connectivity index (χ2n) is 6.59. The van der Waals surface area contributed by atoms with E-state index >= 15 is 0 Å². The Kier molecular flexibility index (Phi) is 4.46. The largest absolute Gasteiger partial charge is 0.508 e. The Morgan fingerprint density at radius 2 is 1.67 bits per heavy atom. The van der Waals surface area contributed by atoms with Crippen molar-refractivity contribution in [3.05, 3.63) is 82.9 Å². The Bertz CT molecular complexity index is 1120. The van der Waals surface area contributed by atoms with Crippen LogP contribution in [0.25, 0.3) is 33.9 Å². The highest BCUT2D eigenvalue weighted by molar-refractivity contribution is 6.31. The van der Waals surface area contributed by atoms with Gasteiger partial charge in [-0.25, -0.2) is 4.98 Å². The van der Waals surface area contributed by atoms with Crippen molar-refractivity contribution >= 4 is 11.6 Å². The maximum absolute atomic E-state index is 9.83. The van der Waals surface area contributed by atoms with E-state index in [1.54, 1.807) is 6.07 Å². The molecule has 0 fully saturated rings. The number of nitrogens with zero attached hydrogens (tertiary/aromatic N) is 1. The fraction of sp³-hybridized carbons (Fsp3) is 0.0870. The normalized spacial score (nSPS) is 10.9. The summed E-state index contributed by atoms with van der Waals surface area (Å²) < 4.78 is 0. The molecule has 0 amide bonds. The molecule has 3 aromatic carbocycles. The summed E-state index contributed by atoms with van der Waals surface area (Å²) in [5, 5.41) is 10.6. The number of phenols is 1. The van der Waals surface area contributed by atoms with Crippen molar-refractivity contribution < 1.29 is 5.11 Å². The monoisotopic (exact) mass is 374 g/mol. The number of imidazole rings is 1. The number of benzene rings is 3. The van der Waals surface area contributed by atoms with Crippen LogP contribution in [0.3, 0.4) is 0 Å². The molecular formula is C23H19ClN2O. The summed E-state index contributed by atoms with van der Waals surface area (Å²) >= 11 is 6.36. The molecule has 0 radical (unpaired) electrons. The Morgan fingerprint density at radius 1 is 0.889 bits per heavy atom. The number of aryl methyl sites for hydroxylation is 1. The highest BCUT2D eigenvalue weighted by Gasteiger charge is 2.17. The van der Waals surface area contributed by atoms with E-state index in [4.69, 9.17) is 16.6 Å². The molecule has 3 nitrogen and oxygen atoms in total. The van der Waals surface area contributed by atoms with Crippen molar-refractivity contribution in [3.8, 4) is 39.7 Å². The van der Waals surface area contributed by atoms with Crippen LogP contribution in [0, 0.1) is 13.8 Å². The van der Waals surface area contributed by atoms with Gasteiger partial charge in [0.05, 0.1) is 11.4 Å². The molecule has 0 bridgehead atoms. The van der Waals surface area contributed by atoms with E-state index in [-0.39, 0.29) is 5.75 Å². The predicted octanol–water partition coefficient (Wildman–Crippen LogP) is 6.39. The summed E-state index contributed by atoms with van der Waals surface area (Å²) in [6.45, 7) is 3.89. The van der Waals surface area contributed by atoms with Crippen molar-refractivity contribution in [2.24, 2.45) is 0 Å². The first-order valence-electron chi connectivity index (χ1n) is 8.75. The van der Waals surface area contributed by atoms with Crippen LogP contribution in [0.15, 0.2) is 66.7 Å². The number of hydrogen-bond acceptors (Lipinski definition) is 2. The molecule has 27 heavy (non-hydrogen) atoms. The van der Waals surface area contributed by atoms with Crippen molar-refractivity contribution in [2.45, 2.75) is 13.8 Å². The Labute approximate surface area is 163 Å². The quantitative estimate of drug-likeness (QED) is 0.436. The lowest BCUT2D eigenvalue weighted by molar-refractivity contribution is 0.471. The van der Waals surface area contributed by atoms with Gasteiger partial charge in [-0.3, -0.25) is 0 Å². The average molecular weight is 375 g/mol. The molecule has 4 rings (SSSR count). The van der Waals surface area contributed by atoms with E-state index in [0.29, 0.717) is 0 Å². The molecule has 1 heterocycles. The van der Waals surface area contributed by atoms with Crippen LogP contribution in [-0.2, 0) is 0 Å². The molecule has 0 spiro atoms. The maximum Gasteiger partial charge on any atom is 0.138 e.